The zero-order valence-electron chi connectivity index (χ0n) is 10.4. The molecule has 0 heterocycles. The highest BCUT2D eigenvalue weighted by molar-refractivity contribution is 9.10. The summed E-state index contributed by atoms with van der Waals surface area (Å²) in [5, 5.41) is 0. The lowest BCUT2D eigenvalue weighted by Crippen LogP contribution is -2.06. The molecule has 0 N–H and O–H groups in total. The minimum absolute atomic E-state index is 0.0902. The van der Waals surface area contributed by atoms with E-state index in [0.29, 0.717) is 17.9 Å². The van der Waals surface area contributed by atoms with Gasteiger partial charge in [-0.2, -0.15) is 8.42 Å². The summed E-state index contributed by atoms with van der Waals surface area (Å²) in [6.45, 7) is 0.0902. The van der Waals surface area contributed by atoms with Crippen molar-refractivity contribution in [3.05, 3.63) is 22.2 Å². The first-order valence-corrected chi connectivity index (χ1v) is 7.73. The largest absolute Gasteiger partial charge is 0.493 e. The van der Waals surface area contributed by atoms with Gasteiger partial charge in [0.15, 0.2) is 11.5 Å². The number of methoxy groups -OCH3 is 2. The van der Waals surface area contributed by atoms with E-state index in [0.717, 1.165) is 16.3 Å². The van der Waals surface area contributed by atoms with Crippen LogP contribution in [0.5, 0.6) is 11.5 Å². The van der Waals surface area contributed by atoms with Gasteiger partial charge in [0.25, 0.3) is 10.1 Å². The van der Waals surface area contributed by atoms with Gasteiger partial charge in [-0.3, -0.25) is 4.18 Å². The molecule has 0 aliphatic carbocycles. The van der Waals surface area contributed by atoms with Crippen molar-refractivity contribution in [2.45, 2.75) is 6.42 Å². The molecule has 0 aromatic heterocycles. The molecule has 0 aliphatic rings. The predicted molar refractivity (Wildman–Crippen MR) is 71.7 cm³/mol. The standard InChI is InChI=1S/C11H15BrO5S/c1-15-10-6-8(4-5-17-18(3,13)14)9(12)7-11(10)16-2/h6-7H,4-5H2,1-3H3. The van der Waals surface area contributed by atoms with Crippen molar-refractivity contribution < 1.29 is 22.1 Å². The van der Waals surface area contributed by atoms with Crippen molar-refractivity contribution in [3.63, 3.8) is 0 Å². The molecule has 0 radical (unpaired) electrons. The molecule has 0 bridgehead atoms. The van der Waals surface area contributed by atoms with E-state index in [1.807, 2.05) is 0 Å². The van der Waals surface area contributed by atoms with Crippen LogP contribution >= 0.6 is 15.9 Å². The van der Waals surface area contributed by atoms with Gasteiger partial charge in [0.2, 0.25) is 0 Å². The van der Waals surface area contributed by atoms with E-state index in [9.17, 15) is 8.42 Å². The Bertz CT molecular complexity index is 512. The fourth-order valence-corrected chi connectivity index (χ4v) is 2.30. The maximum absolute atomic E-state index is 10.9. The zero-order chi connectivity index (χ0) is 13.8. The van der Waals surface area contributed by atoms with E-state index >= 15 is 0 Å². The van der Waals surface area contributed by atoms with Gasteiger partial charge in [-0.15, -0.1) is 0 Å². The van der Waals surface area contributed by atoms with Crippen LogP contribution in [0.1, 0.15) is 5.56 Å². The molecule has 7 heteroatoms. The highest BCUT2D eigenvalue weighted by atomic mass is 79.9. The van der Waals surface area contributed by atoms with Crippen LogP contribution in [0.25, 0.3) is 0 Å². The first kappa shape index (κ1) is 15.3. The normalized spacial score (nSPS) is 11.3. The van der Waals surface area contributed by atoms with Gasteiger partial charge >= 0.3 is 0 Å². The van der Waals surface area contributed by atoms with Gasteiger partial charge in [-0.05, 0) is 24.1 Å². The number of rotatable bonds is 6. The highest BCUT2D eigenvalue weighted by Gasteiger charge is 2.10. The molecule has 0 saturated carbocycles. The predicted octanol–water partition coefficient (Wildman–Crippen LogP) is 1.98. The first-order valence-electron chi connectivity index (χ1n) is 5.12. The van der Waals surface area contributed by atoms with E-state index in [-0.39, 0.29) is 6.61 Å². The van der Waals surface area contributed by atoms with Crippen LogP contribution in [0.2, 0.25) is 0 Å². The van der Waals surface area contributed by atoms with Crippen LogP contribution in [-0.2, 0) is 20.7 Å². The fourth-order valence-electron chi connectivity index (χ4n) is 1.39. The number of hydrogen-bond acceptors (Lipinski definition) is 5. The summed E-state index contributed by atoms with van der Waals surface area (Å²) >= 11 is 3.39. The van der Waals surface area contributed by atoms with Crippen molar-refractivity contribution in [1.82, 2.24) is 0 Å². The van der Waals surface area contributed by atoms with E-state index in [1.54, 1.807) is 26.4 Å². The molecular formula is C11H15BrO5S. The highest BCUT2D eigenvalue weighted by Crippen LogP contribution is 2.33. The quantitative estimate of drug-likeness (QED) is 0.742. The average Bonchev–Trinajstić information content (AvgIpc) is 2.29. The Kier molecular flexibility index (Phi) is 5.43. The lowest BCUT2D eigenvalue weighted by atomic mass is 10.1. The summed E-state index contributed by atoms with van der Waals surface area (Å²) in [7, 11) is -0.310. The Balaban J connectivity index is 2.83. The average molecular weight is 339 g/mol. The van der Waals surface area contributed by atoms with Crippen molar-refractivity contribution in [2.75, 3.05) is 27.1 Å². The molecule has 1 aromatic rings. The molecule has 0 saturated heterocycles. The summed E-state index contributed by atoms with van der Waals surface area (Å²) in [4.78, 5) is 0. The second-order valence-corrected chi connectivity index (χ2v) is 6.07. The minimum Gasteiger partial charge on any atom is -0.493 e. The number of halogens is 1. The van der Waals surface area contributed by atoms with E-state index in [4.69, 9.17) is 13.7 Å². The third-order valence-electron chi connectivity index (χ3n) is 2.22. The van der Waals surface area contributed by atoms with Gasteiger partial charge in [-0.25, -0.2) is 0 Å². The lowest BCUT2D eigenvalue weighted by molar-refractivity contribution is 0.324. The summed E-state index contributed by atoms with van der Waals surface area (Å²) < 4.78 is 37.5. The van der Waals surface area contributed by atoms with Crippen molar-refractivity contribution in [3.8, 4) is 11.5 Å². The summed E-state index contributed by atoms with van der Waals surface area (Å²) in [5.74, 6) is 1.20. The topological polar surface area (TPSA) is 61.8 Å². The third-order valence-corrected chi connectivity index (χ3v) is 3.55. The van der Waals surface area contributed by atoms with Gasteiger partial charge in [0.1, 0.15) is 0 Å². The van der Waals surface area contributed by atoms with E-state index in [2.05, 4.69) is 15.9 Å². The van der Waals surface area contributed by atoms with Crippen molar-refractivity contribution in [2.24, 2.45) is 0 Å². The van der Waals surface area contributed by atoms with Crippen LogP contribution in [-0.4, -0.2) is 35.5 Å². The minimum atomic E-state index is -3.41. The number of ether oxygens (including phenoxy) is 2. The number of benzene rings is 1. The molecule has 18 heavy (non-hydrogen) atoms. The zero-order valence-corrected chi connectivity index (χ0v) is 12.8. The van der Waals surface area contributed by atoms with Crippen LogP contribution in [0.4, 0.5) is 0 Å². The smallest absolute Gasteiger partial charge is 0.264 e. The van der Waals surface area contributed by atoms with Gasteiger partial charge < -0.3 is 9.47 Å². The SMILES string of the molecule is COc1cc(Br)c(CCOS(C)(=O)=O)cc1OC. The van der Waals surface area contributed by atoms with Gasteiger partial charge in [0.05, 0.1) is 27.1 Å². The molecule has 102 valence electrons. The maximum atomic E-state index is 10.9. The van der Waals surface area contributed by atoms with Crippen LogP contribution < -0.4 is 9.47 Å². The number of hydrogen-bond donors (Lipinski definition) is 0. The summed E-state index contributed by atoms with van der Waals surface area (Å²) in [6, 6.07) is 3.56. The molecule has 0 atom stereocenters. The molecule has 0 fully saturated rings. The Morgan fingerprint density at radius 3 is 2.22 bits per heavy atom. The van der Waals surface area contributed by atoms with Crippen LogP contribution in [0, 0.1) is 0 Å². The Morgan fingerprint density at radius 1 is 1.17 bits per heavy atom. The Hall–Kier alpha value is -0.790. The molecular weight excluding hydrogens is 324 g/mol. The molecule has 0 amide bonds. The lowest BCUT2D eigenvalue weighted by Gasteiger charge is -2.11. The van der Waals surface area contributed by atoms with Crippen LogP contribution in [0.15, 0.2) is 16.6 Å². The molecule has 0 spiro atoms. The summed E-state index contributed by atoms with van der Waals surface area (Å²) in [6.07, 6.45) is 1.48. The first-order chi connectivity index (χ1) is 8.37. The molecule has 1 aromatic carbocycles. The van der Waals surface area contributed by atoms with E-state index in [1.165, 1.54) is 0 Å². The Morgan fingerprint density at radius 2 is 1.72 bits per heavy atom. The molecule has 5 nitrogen and oxygen atoms in total. The summed E-state index contributed by atoms with van der Waals surface area (Å²) in [5.41, 5.74) is 0.885. The molecule has 1 rings (SSSR count). The third kappa shape index (κ3) is 4.47. The fraction of sp³-hybridized carbons (Fsp3) is 0.455. The Labute approximate surface area is 115 Å². The van der Waals surface area contributed by atoms with Gasteiger partial charge in [-0.1, -0.05) is 15.9 Å². The molecule has 0 aliphatic heterocycles. The van der Waals surface area contributed by atoms with Gasteiger partial charge in [0, 0.05) is 4.47 Å². The van der Waals surface area contributed by atoms with Crippen molar-refractivity contribution in [1.29, 1.82) is 0 Å². The second kappa shape index (κ2) is 6.40. The van der Waals surface area contributed by atoms with Crippen molar-refractivity contribution >= 4 is 26.0 Å². The molecule has 0 unspecified atom stereocenters. The monoisotopic (exact) mass is 338 g/mol. The van der Waals surface area contributed by atoms with E-state index < -0.39 is 10.1 Å². The maximum Gasteiger partial charge on any atom is 0.264 e. The second-order valence-electron chi connectivity index (χ2n) is 3.57. The van der Waals surface area contributed by atoms with Crippen LogP contribution in [0.3, 0.4) is 0 Å².